The number of hydrogen-bond donors (Lipinski definition) is 1. The van der Waals surface area contributed by atoms with Crippen molar-refractivity contribution in [3.05, 3.63) is 59.2 Å². The van der Waals surface area contributed by atoms with Crippen molar-refractivity contribution in [1.82, 2.24) is 5.32 Å². The molecule has 3 rings (SSSR count). The van der Waals surface area contributed by atoms with Crippen LogP contribution in [0.2, 0.25) is 0 Å². The van der Waals surface area contributed by atoms with E-state index in [2.05, 4.69) is 24.1 Å². The first kappa shape index (κ1) is 22.1. The van der Waals surface area contributed by atoms with Crippen molar-refractivity contribution >= 4 is 35.3 Å². The van der Waals surface area contributed by atoms with E-state index in [0.29, 0.717) is 18.0 Å². The van der Waals surface area contributed by atoms with Crippen LogP contribution in [0.1, 0.15) is 31.9 Å². The Balaban J connectivity index is 1.97. The molecule has 1 fully saturated rings. The number of anilines is 2. The Kier molecular flexibility index (Phi) is 6.74. The second-order valence-corrected chi connectivity index (χ2v) is 7.10. The molecule has 1 aliphatic rings. The molecule has 162 valence electrons. The highest BCUT2D eigenvalue weighted by Gasteiger charge is 2.37. The van der Waals surface area contributed by atoms with Gasteiger partial charge < -0.3 is 9.64 Å². The molecule has 0 spiro atoms. The number of amides is 4. The van der Waals surface area contributed by atoms with Crippen LogP contribution in [0.3, 0.4) is 0 Å². The molecule has 0 saturated carbocycles. The van der Waals surface area contributed by atoms with Gasteiger partial charge in [0.15, 0.2) is 0 Å². The van der Waals surface area contributed by atoms with Crippen molar-refractivity contribution in [2.45, 2.75) is 27.7 Å². The maximum absolute atomic E-state index is 13.1. The monoisotopic (exact) mass is 421 g/mol. The van der Waals surface area contributed by atoms with E-state index in [9.17, 15) is 14.4 Å². The summed E-state index contributed by atoms with van der Waals surface area (Å²) >= 11 is 0. The first-order chi connectivity index (χ1) is 14.9. The van der Waals surface area contributed by atoms with Gasteiger partial charge in [0, 0.05) is 24.8 Å². The summed E-state index contributed by atoms with van der Waals surface area (Å²) in [5.41, 5.74) is 2.99. The maximum Gasteiger partial charge on any atom is 0.335 e. The van der Waals surface area contributed by atoms with Gasteiger partial charge in [0.2, 0.25) is 0 Å². The van der Waals surface area contributed by atoms with Gasteiger partial charge in [0.05, 0.1) is 12.3 Å². The molecule has 0 bridgehead atoms. The smallest absolute Gasteiger partial charge is 0.335 e. The van der Waals surface area contributed by atoms with E-state index in [1.807, 2.05) is 32.0 Å². The van der Waals surface area contributed by atoms with Gasteiger partial charge in [-0.05, 0) is 69.2 Å². The van der Waals surface area contributed by atoms with Crippen LogP contribution in [0.4, 0.5) is 16.2 Å². The number of aryl methyl sites for hydroxylation is 1. The average Bonchev–Trinajstić information content (AvgIpc) is 2.73. The number of benzene rings is 2. The van der Waals surface area contributed by atoms with E-state index in [1.54, 1.807) is 24.3 Å². The largest absolute Gasteiger partial charge is 0.494 e. The molecule has 4 amide bonds. The van der Waals surface area contributed by atoms with Crippen molar-refractivity contribution in [3.63, 3.8) is 0 Å². The van der Waals surface area contributed by atoms with Crippen molar-refractivity contribution in [2.24, 2.45) is 0 Å². The van der Waals surface area contributed by atoms with Gasteiger partial charge in [0.1, 0.15) is 11.3 Å². The number of nitrogens with zero attached hydrogens (tertiary/aromatic N) is 2. The standard InChI is InChI=1S/C24H27N3O4/c1-5-26(6-2)18-12-11-17(16(4)13-18)14-21-22(28)25-24(30)27(23(21)29)19-9-8-10-20(15-19)31-7-3/h8-15H,5-7H2,1-4H3,(H,25,28,30)/b21-14-. The van der Waals surface area contributed by atoms with E-state index in [1.165, 1.54) is 6.08 Å². The lowest BCUT2D eigenvalue weighted by atomic mass is 10.0. The summed E-state index contributed by atoms with van der Waals surface area (Å²) < 4.78 is 5.46. The number of carbonyl (C=O) groups is 3. The van der Waals surface area contributed by atoms with Gasteiger partial charge >= 0.3 is 6.03 Å². The summed E-state index contributed by atoms with van der Waals surface area (Å²) in [4.78, 5) is 41.2. The quantitative estimate of drug-likeness (QED) is 0.542. The maximum atomic E-state index is 13.1. The fourth-order valence-electron chi connectivity index (χ4n) is 3.53. The molecule has 0 radical (unpaired) electrons. The molecule has 31 heavy (non-hydrogen) atoms. The number of barbiturate groups is 1. The first-order valence-corrected chi connectivity index (χ1v) is 10.4. The van der Waals surface area contributed by atoms with Crippen LogP contribution in [-0.4, -0.2) is 37.5 Å². The highest BCUT2D eigenvalue weighted by atomic mass is 16.5. The summed E-state index contributed by atoms with van der Waals surface area (Å²) in [5.74, 6) is -0.847. The van der Waals surface area contributed by atoms with Crippen LogP contribution in [0.25, 0.3) is 6.08 Å². The third-order valence-electron chi connectivity index (χ3n) is 5.17. The Morgan fingerprint density at radius 3 is 2.42 bits per heavy atom. The van der Waals surface area contributed by atoms with E-state index < -0.39 is 17.8 Å². The van der Waals surface area contributed by atoms with Gasteiger partial charge in [-0.1, -0.05) is 12.1 Å². The Labute approximate surface area is 182 Å². The van der Waals surface area contributed by atoms with Gasteiger partial charge in [-0.25, -0.2) is 9.69 Å². The Bertz CT molecular complexity index is 1040. The number of imide groups is 2. The summed E-state index contributed by atoms with van der Waals surface area (Å²) in [5, 5.41) is 2.26. The molecule has 0 atom stereocenters. The van der Waals surface area contributed by atoms with Crippen molar-refractivity contribution in [1.29, 1.82) is 0 Å². The third-order valence-corrected chi connectivity index (χ3v) is 5.17. The first-order valence-electron chi connectivity index (χ1n) is 10.4. The zero-order chi connectivity index (χ0) is 22.5. The summed E-state index contributed by atoms with van der Waals surface area (Å²) in [6.07, 6.45) is 1.53. The van der Waals surface area contributed by atoms with Crippen LogP contribution in [-0.2, 0) is 9.59 Å². The van der Waals surface area contributed by atoms with Crippen LogP contribution in [0, 0.1) is 6.92 Å². The van der Waals surface area contributed by atoms with Crippen molar-refractivity contribution < 1.29 is 19.1 Å². The molecule has 0 aromatic heterocycles. The van der Waals surface area contributed by atoms with Crippen LogP contribution in [0.5, 0.6) is 5.75 Å². The topological polar surface area (TPSA) is 79.0 Å². The van der Waals surface area contributed by atoms with E-state index in [-0.39, 0.29) is 5.57 Å². The highest BCUT2D eigenvalue weighted by Crippen LogP contribution is 2.27. The fourth-order valence-corrected chi connectivity index (χ4v) is 3.53. The normalized spacial score (nSPS) is 15.3. The summed E-state index contributed by atoms with van der Waals surface area (Å²) in [6, 6.07) is 11.7. The number of ether oxygens (including phenoxy) is 1. The molecule has 1 N–H and O–H groups in total. The van der Waals surface area contributed by atoms with Crippen LogP contribution < -0.4 is 19.9 Å². The Hall–Kier alpha value is -3.61. The third kappa shape index (κ3) is 4.60. The zero-order valence-corrected chi connectivity index (χ0v) is 18.3. The molecule has 1 heterocycles. The molecule has 7 heteroatoms. The fraction of sp³-hybridized carbons (Fsp3) is 0.292. The van der Waals surface area contributed by atoms with Crippen molar-refractivity contribution in [2.75, 3.05) is 29.5 Å². The van der Waals surface area contributed by atoms with E-state index in [4.69, 9.17) is 4.74 Å². The van der Waals surface area contributed by atoms with Crippen LogP contribution in [0.15, 0.2) is 48.0 Å². The molecule has 2 aromatic rings. The van der Waals surface area contributed by atoms with Crippen LogP contribution >= 0.6 is 0 Å². The number of urea groups is 1. The van der Waals surface area contributed by atoms with Gasteiger partial charge in [-0.15, -0.1) is 0 Å². The molecule has 7 nitrogen and oxygen atoms in total. The van der Waals surface area contributed by atoms with Gasteiger partial charge in [0.25, 0.3) is 11.8 Å². The molecule has 0 unspecified atom stereocenters. The Morgan fingerprint density at radius 2 is 1.77 bits per heavy atom. The molecule has 1 aliphatic heterocycles. The number of carbonyl (C=O) groups excluding carboxylic acids is 3. The predicted octanol–water partition coefficient (Wildman–Crippen LogP) is 3.91. The molecular formula is C24H27N3O4. The molecule has 1 saturated heterocycles. The number of nitrogens with one attached hydrogen (secondary N) is 1. The molecule has 2 aromatic carbocycles. The molecular weight excluding hydrogens is 394 g/mol. The van der Waals surface area contributed by atoms with Gasteiger partial charge in [-0.3, -0.25) is 14.9 Å². The SMILES string of the molecule is CCOc1cccc(N2C(=O)NC(=O)/C(=C/c3ccc(N(CC)CC)cc3C)C2=O)c1. The molecule has 0 aliphatic carbocycles. The summed E-state index contributed by atoms with van der Waals surface area (Å²) in [6.45, 7) is 10.2. The van der Waals surface area contributed by atoms with Gasteiger partial charge in [-0.2, -0.15) is 0 Å². The minimum atomic E-state index is -0.783. The average molecular weight is 421 g/mol. The number of hydrogen-bond acceptors (Lipinski definition) is 5. The summed E-state index contributed by atoms with van der Waals surface area (Å²) in [7, 11) is 0. The van der Waals surface area contributed by atoms with E-state index >= 15 is 0 Å². The lowest BCUT2D eigenvalue weighted by Crippen LogP contribution is -2.54. The number of rotatable bonds is 7. The minimum absolute atomic E-state index is 0.0971. The van der Waals surface area contributed by atoms with E-state index in [0.717, 1.165) is 34.8 Å². The van der Waals surface area contributed by atoms with Crippen molar-refractivity contribution in [3.8, 4) is 5.75 Å². The second-order valence-electron chi connectivity index (χ2n) is 7.10. The lowest BCUT2D eigenvalue weighted by Gasteiger charge is -2.27. The lowest BCUT2D eigenvalue weighted by molar-refractivity contribution is -0.122. The predicted molar refractivity (Wildman–Crippen MR) is 121 cm³/mol. The minimum Gasteiger partial charge on any atom is -0.494 e. The Morgan fingerprint density at radius 1 is 1.03 bits per heavy atom. The second kappa shape index (κ2) is 9.47. The highest BCUT2D eigenvalue weighted by molar-refractivity contribution is 6.39. The zero-order valence-electron chi connectivity index (χ0n) is 18.3.